The summed E-state index contributed by atoms with van der Waals surface area (Å²) in [6, 6.07) is 0. The van der Waals surface area contributed by atoms with E-state index >= 15 is 0 Å². The third-order valence-electron chi connectivity index (χ3n) is 0.498. The Bertz CT molecular complexity index is 141. The molecule has 0 saturated carbocycles. The molecule has 0 amide bonds. The second-order valence-electron chi connectivity index (χ2n) is 1.58. The molecule has 4 nitrogen and oxygen atoms in total. The summed E-state index contributed by atoms with van der Waals surface area (Å²) in [6.45, 7) is 11.8. The van der Waals surface area contributed by atoms with E-state index < -0.39 is 0 Å². The van der Waals surface area contributed by atoms with E-state index in [4.69, 9.17) is 9.30 Å². The van der Waals surface area contributed by atoms with Gasteiger partial charge in [0, 0.05) is 19.5 Å². The summed E-state index contributed by atoms with van der Waals surface area (Å²) in [4.78, 5) is 20.1. The molecule has 0 unspecified atom stereocenters. The predicted octanol–water partition coefficient (Wildman–Crippen LogP) is 0.477. The summed E-state index contributed by atoms with van der Waals surface area (Å²) < 4.78 is 15.0. The van der Waals surface area contributed by atoms with E-state index in [1.165, 1.54) is 13.8 Å². The van der Waals surface area contributed by atoms with E-state index in [0.717, 1.165) is 0 Å². The van der Waals surface area contributed by atoms with E-state index in [9.17, 15) is 9.59 Å². The molecule has 0 rings (SSSR count). The quantitative estimate of drug-likeness (QED) is 0.313. The molecule has 0 N–H and O–H groups in total. The number of rotatable bonds is 2. The van der Waals surface area contributed by atoms with Crippen molar-refractivity contribution >= 4 is 11.6 Å². The molecule has 0 aliphatic heterocycles. The topological polar surface area (TPSA) is 73.9 Å². The van der Waals surface area contributed by atoms with Gasteiger partial charge in [-0.3, -0.25) is 9.59 Å². The maximum absolute atomic E-state index is 10.0. The largest absolute Gasteiger partial charge is 0 e. The van der Waals surface area contributed by atoms with Crippen molar-refractivity contribution in [3.8, 4) is 0 Å². The maximum atomic E-state index is 10.0. The van der Waals surface area contributed by atoms with Gasteiger partial charge in [-0.05, 0) is 13.8 Å². The van der Waals surface area contributed by atoms with Crippen molar-refractivity contribution < 1.29 is 38.4 Å². The Morgan fingerprint density at radius 2 is 1.17 bits per heavy atom. The van der Waals surface area contributed by atoms with Crippen LogP contribution in [0.5, 0.6) is 0 Å². The maximum Gasteiger partial charge on any atom is 0 e. The van der Waals surface area contributed by atoms with Crippen LogP contribution in [0.3, 0.4) is 0 Å². The van der Waals surface area contributed by atoms with E-state index in [0.29, 0.717) is 0 Å². The average molecular weight is 259 g/mol. The molecule has 0 heterocycles. The van der Waals surface area contributed by atoms with Gasteiger partial charge in [-0.1, -0.05) is 0 Å². The predicted molar refractivity (Wildman–Crippen MR) is 33.8 cm³/mol. The van der Waals surface area contributed by atoms with E-state index in [-0.39, 0.29) is 37.5 Å². The minimum Gasteiger partial charge on any atom is 0 e. The van der Waals surface area contributed by atoms with Crippen LogP contribution >= 0.6 is 0 Å². The first-order valence-corrected chi connectivity index (χ1v) is 2.52. The van der Waals surface area contributed by atoms with Gasteiger partial charge in [0.15, 0.2) is 0 Å². The van der Waals surface area contributed by atoms with Crippen LogP contribution < -0.4 is 0 Å². The van der Waals surface area contributed by atoms with Gasteiger partial charge >= 0.3 is 22.6 Å². The molecule has 69 valence electrons. The fraction of sp³-hybridized carbons (Fsp3) is 0.429. The molecule has 0 atom stereocenters. The van der Waals surface area contributed by atoms with Gasteiger partial charge in [0.05, 0.1) is 6.42 Å². The third kappa shape index (κ3) is 56.8. The number of carbonyl (C=O) groups excluding carboxylic acids is 2. The van der Waals surface area contributed by atoms with Crippen LogP contribution in [-0.2, 0) is 38.4 Å². The van der Waals surface area contributed by atoms with E-state index in [1.807, 2.05) is 0 Å². The van der Waals surface area contributed by atoms with Crippen LogP contribution in [0.15, 0.2) is 0 Å². The zero-order valence-electron chi connectivity index (χ0n) is 6.67. The van der Waals surface area contributed by atoms with Gasteiger partial charge in [0.1, 0.15) is 11.6 Å². The van der Waals surface area contributed by atoms with Crippen LogP contribution in [-0.4, -0.2) is 11.6 Å². The Morgan fingerprint density at radius 3 is 1.17 bits per heavy atom. The molecule has 12 heavy (non-hydrogen) atoms. The van der Waals surface area contributed by atoms with Gasteiger partial charge in [-0.15, -0.1) is 0 Å². The zero-order valence-corrected chi connectivity index (χ0v) is 8.31. The number of carbonyl (C=O) groups is 2. The van der Waals surface area contributed by atoms with Gasteiger partial charge in [0.25, 0.3) is 0 Å². The Morgan fingerprint density at radius 1 is 1.00 bits per heavy atom. The molecule has 0 fully saturated rings. The van der Waals surface area contributed by atoms with Crippen molar-refractivity contribution in [3.05, 3.63) is 13.3 Å². The van der Waals surface area contributed by atoms with Crippen molar-refractivity contribution in [2.45, 2.75) is 20.3 Å². The summed E-state index contributed by atoms with van der Waals surface area (Å²) in [5.41, 5.74) is 0. The first-order chi connectivity index (χ1) is 5.13. The number of hydrogen-bond donors (Lipinski definition) is 0. The smallest absolute Gasteiger partial charge is 0 e. The molecule has 0 aliphatic rings. The molecule has 5 heteroatoms. The first kappa shape index (κ1) is 22.5. The minimum atomic E-state index is -0.0625. The number of Topliss-reactive ketones (excluding diaryl/α,β-unsaturated/α-hetero) is 2. The van der Waals surface area contributed by atoms with Crippen molar-refractivity contribution in [1.82, 2.24) is 0 Å². The first-order valence-electron chi connectivity index (χ1n) is 2.52. The summed E-state index contributed by atoms with van der Waals surface area (Å²) >= 11 is 0. The monoisotopic (exact) mass is 259 g/mol. The van der Waals surface area contributed by atoms with Gasteiger partial charge in [0.2, 0.25) is 0 Å². The van der Waals surface area contributed by atoms with Crippen LogP contribution in [0, 0.1) is 13.3 Å². The standard InChI is InChI=1S/C5H8O2.2CO.Rh/c1-4(6)3-5(2)7;2*1-2;/h3H2,1-2H3;;;. The summed E-state index contributed by atoms with van der Waals surface area (Å²) in [5.74, 6) is -0.125. The normalized spacial score (nSPS) is 5.17. The van der Waals surface area contributed by atoms with Crippen LogP contribution in [0.1, 0.15) is 20.3 Å². The van der Waals surface area contributed by atoms with Crippen LogP contribution in [0.4, 0.5) is 0 Å². The van der Waals surface area contributed by atoms with Crippen molar-refractivity contribution in [3.63, 3.8) is 0 Å². The van der Waals surface area contributed by atoms with Gasteiger partial charge in [-0.25, -0.2) is 0 Å². The van der Waals surface area contributed by atoms with E-state index in [2.05, 4.69) is 13.3 Å². The van der Waals surface area contributed by atoms with Gasteiger partial charge < -0.3 is 0 Å². The Hall–Kier alpha value is -0.557. The number of ketones is 2. The molecule has 0 aromatic rings. The van der Waals surface area contributed by atoms with Crippen molar-refractivity contribution in [2.24, 2.45) is 0 Å². The molecule has 0 aliphatic carbocycles. The Labute approximate surface area is 83.9 Å². The van der Waals surface area contributed by atoms with Crippen molar-refractivity contribution in [1.29, 1.82) is 0 Å². The van der Waals surface area contributed by atoms with Crippen LogP contribution in [0.25, 0.3) is 0 Å². The van der Waals surface area contributed by atoms with E-state index in [1.54, 1.807) is 0 Å². The Kier molecular flexibility index (Phi) is 42.1. The number of hydrogen-bond acceptors (Lipinski definition) is 2. The zero-order chi connectivity index (χ0) is 9.86. The molecule has 1 radical (unpaired) electrons. The summed E-state index contributed by atoms with van der Waals surface area (Å²) in [6.07, 6.45) is 0.0833. The van der Waals surface area contributed by atoms with Gasteiger partial charge in [-0.2, -0.15) is 0 Å². The fourth-order valence-corrected chi connectivity index (χ4v) is 0.351. The summed E-state index contributed by atoms with van der Waals surface area (Å²) in [7, 11) is 0. The second-order valence-corrected chi connectivity index (χ2v) is 1.58. The molecular formula is C7H8O4Rh. The van der Waals surface area contributed by atoms with Crippen molar-refractivity contribution in [2.75, 3.05) is 0 Å². The van der Waals surface area contributed by atoms with Crippen LogP contribution in [0.2, 0.25) is 0 Å². The third-order valence-corrected chi connectivity index (χ3v) is 0.498. The molecular weight excluding hydrogens is 251 g/mol. The molecule has 0 aromatic heterocycles. The Balaban J connectivity index is -0.0000000560. The second kappa shape index (κ2) is 22.4. The average Bonchev–Trinajstić information content (AvgIpc) is 1.93. The molecule has 0 spiro atoms. The minimum absolute atomic E-state index is 0. The SMILES string of the molecule is CC(=O)CC(C)=O.[C-]#[O+].[C-]#[O+].[Rh]. The fourth-order valence-electron chi connectivity index (χ4n) is 0.351. The summed E-state index contributed by atoms with van der Waals surface area (Å²) in [5, 5.41) is 0. The molecule has 0 saturated heterocycles. The molecule has 0 bridgehead atoms. The molecule has 0 aromatic carbocycles.